The summed E-state index contributed by atoms with van der Waals surface area (Å²) in [5, 5.41) is 11.0. The van der Waals surface area contributed by atoms with Crippen LogP contribution in [0.4, 0.5) is 5.69 Å². The Kier molecular flexibility index (Phi) is 4.51. The van der Waals surface area contributed by atoms with Crippen LogP contribution in [0.2, 0.25) is 5.02 Å². The molecule has 0 fully saturated rings. The maximum atomic E-state index is 10.6. The van der Waals surface area contributed by atoms with Crippen LogP contribution >= 0.6 is 35.0 Å². The fourth-order valence-electron chi connectivity index (χ4n) is 0.925. The fourth-order valence-corrected chi connectivity index (χ4v) is 2.27. The van der Waals surface area contributed by atoms with E-state index in [9.17, 15) is 10.1 Å². The third kappa shape index (κ3) is 2.77. The van der Waals surface area contributed by atoms with E-state index < -0.39 is 4.92 Å². The number of rotatable bonds is 4. The smallest absolute Gasteiger partial charge is 0.258 e. The quantitative estimate of drug-likeness (QED) is 0.356. The predicted molar refractivity (Wildman–Crippen MR) is 59.6 cm³/mol. The Labute approximate surface area is 95.5 Å². The zero-order chi connectivity index (χ0) is 10.6. The maximum Gasteiger partial charge on any atom is 0.284 e. The van der Waals surface area contributed by atoms with Gasteiger partial charge in [0.1, 0.15) is 4.90 Å². The van der Waals surface area contributed by atoms with Gasteiger partial charge in [0.05, 0.1) is 9.95 Å². The highest BCUT2D eigenvalue weighted by atomic mass is 35.5. The molecule has 0 atom stereocenters. The summed E-state index contributed by atoms with van der Waals surface area (Å²) in [7, 11) is 0. The van der Waals surface area contributed by atoms with Crippen molar-refractivity contribution in [3.05, 3.63) is 33.3 Å². The molecule has 0 bridgehead atoms. The molecule has 14 heavy (non-hydrogen) atoms. The van der Waals surface area contributed by atoms with Gasteiger partial charge >= 0.3 is 0 Å². The lowest BCUT2D eigenvalue weighted by Gasteiger charge is -2.02. The molecule has 0 aliphatic rings. The van der Waals surface area contributed by atoms with Gasteiger partial charge in [-0.15, -0.1) is 23.4 Å². The zero-order valence-electron chi connectivity index (χ0n) is 7.07. The van der Waals surface area contributed by atoms with Crippen LogP contribution < -0.4 is 0 Å². The third-order valence-electron chi connectivity index (χ3n) is 1.47. The first-order chi connectivity index (χ1) is 6.66. The van der Waals surface area contributed by atoms with Gasteiger partial charge in [0, 0.05) is 17.7 Å². The van der Waals surface area contributed by atoms with E-state index in [1.807, 2.05) is 0 Å². The normalized spacial score (nSPS) is 10.1. The summed E-state index contributed by atoms with van der Waals surface area (Å²) in [6, 6.07) is 4.62. The van der Waals surface area contributed by atoms with E-state index >= 15 is 0 Å². The number of nitrogens with zero attached hydrogens (tertiary/aromatic N) is 1. The van der Waals surface area contributed by atoms with Crippen molar-refractivity contribution in [1.29, 1.82) is 0 Å². The molecule has 0 aromatic heterocycles. The van der Waals surface area contributed by atoms with Crippen molar-refractivity contribution < 1.29 is 4.92 Å². The van der Waals surface area contributed by atoms with Gasteiger partial charge in [-0.2, -0.15) is 0 Å². The lowest BCUT2D eigenvalue weighted by molar-refractivity contribution is -0.387. The Morgan fingerprint density at radius 1 is 1.50 bits per heavy atom. The van der Waals surface area contributed by atoms with Gasteiger partial charge in [-0.25, -0.2) is 0 Å². The first-order valence-electron chi connectivity index (χ1n) is 3.78. The van der Waals surface area contributed by atoms with Gasteiger partial charge in [-0.05, 0) is 6.07 Å². The lowest BCUT2D eigenvalue weighted by atomic mass is 10.3. The Morgan fingerprint density at radius 2 is 2.21 bits per heavy atom. The van der Waals surface area contributed by atoms with Crippen LogP contribution in [-0.2, 0) is 0 Å². The fraction of sp³-hybridized carbons (Fsp3) is 0.250. The highest BCUT2D eigenvalue weighted by Gasteiger charge is 2.16. The second-order valence-corrected chi connectivity index (χ2v) is 4.27. The SMILES string of the molecule is O=[N+]([O-])c1cccc(Cl)c1SCCCl. The summed E-state index contributed by atoms with van der Waals surface area (Å²) in [5.74, 6) is 1.04. The van der Waals surface area contributed by atoms with E-state index in [-0.39, 0.29) is 5.69 Å². The summed E-state index contributed by atoms with van der Waals surface area (Å²) in [6.45, 7) is 0. The number of halogens is 2. The molecule has 0 saturated carbocycles. The van der Waals surface area contributed by atoms with E-state index in [2.05, 4.69) is 0 Å². The van der Waals surface area contributed by atoms with Crippen LogP contribution in [0.15, 0.2) is 23.1 Å². The second kappa shape index (κ2) is 5.44. The van der Waals surface area contributed by atoms with Gasteiger partial charge in [-0.1, -0.05) is 17.7 Å². The molecule has 0 radical (unpaired) electrons. The molecule has 1 aromatic rings. The van der Waals surface area contributed by atoms with Crippen LogP contribution in [0.25, 0.3) is 0 Å². The summed E-state index contributed by atoms with van der Waals surface area (Å²) < 4.78 is 0. The predicted octanol–water partition coefficient (Wildman–Crippen LogP) is 3.58. The zero-order valence-corrected chi connectivity index (χ0v) is 9.40. The molecule has 76 valence electrons. The topological polar surface area (TPSA) is 43.1 Å². The molecule has 3 nitrogen and oxygen atoms in total. The Bertz CT molecular complexity index is 346. The molecular formula is C8H7Cl2NO2S. The van der Waals surface area contributed by atoms with Crippen molar-refractivity contribution in [3.8, 4) is 0 Å². The number of thioether (sulfide) groups is 1. The summed E-state index contributed by atoms with van der Waals surface area (Å²) in [6.07, 6.45) is 0. The van der Waals surface area contributed by atoms with Gasteiger partial charge in [0.2, 0.25) is 0 Å². The van der Waals surface area contributed by atoms with Crippen LogP contribution in [0, 0.1) is 10.1 Å². The van der Waals surface area contributed by atoms with Crippen molar-refractivity contribution in [3.63, 3.8) is 0 Å². The number of nitro groups is 1. The molecule has 0 heterocycles. The van der Waals surface area contributed by atoms with Crippen molar-refractivity contribution in [2.24, 2.45) is 0 Å². The molecule has 0 unspecified atom stereocenters. The Hall–Kier alpha value is -0.450. The van der Waals surface area contributed by atoms with E-state index in [4.69, 9.17) is 23.2 Å². The lowest BCUT2D eigenvalue weighted by Crippen LogP contribution is -1.92. The maximum absolute atomic E-state index is 10.6. The van der Waals surface area contributed by atoms with Gasteiger partial charge in [0.15, 0.2) is 0 Å². The molecule has 0 spiro atoms. The van der Waals surface area contributed by atoms with E-state index in [0.717, 1.165) is 0 Å². The standard InChI is InChI=1S/C8H7Cl2NO2S/c9-4-5-14-8-6(10)2-1-3-7(8)11(12)13/h1-3H,4-5H2. The molecule has 0 saturated heterocycles. The summed E-state index contributed by atoms with van der Waals surface area (Å²) in [5.41, 5.74) is 0.0348. The third-order valence-corrected chi connectivity index (χ3v) is 3.43. The van der Waals surface area contributed by atoms with Crippen molar-refractivity contribution in [2.45, 2.75) is 4.90 Å². The van der Waals surface area contributed by atoms with E-state index in [1.165, 1.54) is 17.8 Å². The Morgan fingerprint density at radius 3 is 2.79 bits per heavy atom. The molecule has 0 amide bonds. The van der Waals surface area contributed by atoms with Crippen LogP contribution in [0.1, 0.15) is 0 Å². The average molecular weight is 252 g/mol. The van der Waals surface area contributed by atoms with Gasteiger partial charge < -0.3 is 0 Å². The minimum Gasteiger partial charge on any atom is -0.258 e. The second-order valence-electron chi connectivity index (χ2n) is 2.38. The molecular weight excluding hydrogens is 245 g/mol. The van der Waals surface area contributed by atoms with Gasteiger partial charge in [0.25, 0.3) is 5.69 Å². The molecule has 1 aromatic carbocycles. The van der Waals surface area contributed by atoms with Crippen LogP contribution in [0.5, 0.6) is 0 Å². The van der Waals surface area contributed by atoms with Crippen molar-refractivity contribution in [2.75, 3.05) is 11.6 Å². The highest BCUT2D eigenvalue weighted by Crippen LogP contribution is 2.35. The largest absolute Gasteiger partial charge is 0.284 e. The minimum atomic E-state index is -0.442. The van der Waals surface area contributed by atoms with E-state index in [0.29, 0.717) is 21.6 Å². The number of alkyl halides is 1. The van der Waals surface area contributed by atoms with Crippen LogP contribution in [0.3, 0.4) is 0 Å². The number of hydrogen-bond donors (Lipinski definition) is 0. The molecule has 0 aliphatic carbocycles. The first kappa shape index (κ1) is 11.6. The van der Waals surface area contributed by atoms with E-state index in [1.54, 1.807) is 12.1 Å². The number of hydrogen-bond acceptors (Lipinski definition) is 3. The average Bonchev–Trinajstić information content (AvgIpc) is 2.15. The molecule has 1 rings (SSSR count). The summed E-state index contributed by atoms with van der Waals surface area (Å²) in [4.78, 5) is 10.7. The monoisotopic (exact) mass is 251 g/mol. The molecule has 0 aliphatic heterocycles. The molecule has 6 heteroatoms. The number of benzene rings is 1. The first-order valence-corrected chi connectivity index (χ1v) is 5.68. The van der Waals surface area contributed by atoms with Gasteiger partial charge in [-0.3, -0.25) is 10.1 Å². The van der Waals surface area contributed by atoms with Crippen molar-refractivity contribution >= 4 is 40.7 Å². The summed E-state index contributed by atoms with van der Waals surface area (Å²) >= 11 is 12.6. The minimum absolute atomic E-state index is 0.0348. The number of nitro benzene ring substituents is 1. The highest BCUT2D eigenvalue weighted by molar-refractivity contribution is 7.99. The van der Waals surface area contributed by atoms with Crippen LogP contribution in [-0.4, -0.2) is 16.6 Å². The molecule has 0 N–H and O–H groups in total. The van der Waals surface area contributed by atoms with Crippen molar-refractivity contribution in [1.82, 2.24) is 0 Å². The Balaban J connectivity index is 3.02.